The van der Waals surface area contributed by atoms with E-state index in [0.29, 0.717) is 0 Å². The molecule has 2 N–H and O–H groups in total. The van der Waals surface area contributed by atoms with E-state index in [1.54, 1.807) is 11.3 Å². The Labute approximate surface area is 101 Å². The minimum Gasteiger partial charge on any atom is -0.394 e. The van der Waals surface area contributed by atoms with Gasteiger partial charge < -0.3 is 10.4 Å². The zero-order valence-corrected chi connectivity index (χ0v) is 10.9. The van der Waals surface area contributed by atoms with Gasteiger partial charge in [0.15, 0.2) is 5.13 Å². The summed E-state index contributed by atoms with van der Waals surface area (Å²) >= 11 is 1.69. The molecule has 2 rings (SSSR count). The second kappa shape index (κ2) is 4.72. The molecule has 0 aliphatic heterocycles. The smallest absolute Gasteiger partial charge is 0.183 e. The molecule has 0 atom stereocenters. The average Bonchev–Trinajstić information content (AvgIpc) is 2.59. The van der Waals surface area contributed by atoms with Crippen LogP contribution in [0.15, 0.2) is 0 Å². The Bertz CT molecular complexity index is 336. The summed E-state index contributed by atoms with van der Waals surface area (Å²) in [5.74, 6) is 0. The van der Waals surface area contributed by atoms with E-state index >= 15 is 0 Å². The summed E-state index contributed by atoms with van der Waals surface area (Å²) in [7, 11) is 0. The molecule has 0 unspecified atom stereocenters. The number of rotatable bonds is 3. The molecule has 0 aromatic carbocycles. The standard InChI is InChI=1S/C12H20N2OS/c1-9-10(2)16-11(13-9)14-12(8-15)6-4-3-5-7-12/h15H,3-8H2,1-2H3,(H,13,14). The first-order valence-electron chi connectivity index (χ1n) is 5.98. The fraction of sp³-hybridized carbons (Fsp3) is 0.750. The fourth-order valence-electron chi connectivity index (χ4n) is 2.30. The van der Waals surface area contributed by atoms with Crippen LogP contribution in [-0.2, 0) is 0 Å². The van der Waals surface area contributed by atoms with Crippen LogP contribution < -0.4 is 5.32 Å². The molecule has 1 heterocycles. The van der Waals surface area contributed by atoms with Crippen LogP contribution in [0.3, 0.4) is 0 Å². The van der Waals surface area contributed by atoms with Crippen molar-refractivity contribution < 1.29 is 5.11 Å². The largest absolute Gasteiger partial charge is 0.394 e. The zero-order chi connectivity index (χ0) is 11.6. The number of thiazole rings is 1. The van der Waals surface area contributed by atoms with Crippen LogP contribution in [0.4, 0.5) is 5.13 Å². The molecule has 1 saturated carbocycles. The molecule has 16 heavy (non-hydrogen) atoms. The van der Waals surface area contributed by atoms with Crippen LogP contribution in [0.25, 0.3) is 0 Å². The van der Waals surface area contributed by atoms with Gasteiger partial charge in [-0.15, -0.1) is 11.3 Å². The van der Waals surface area contributed by atoms with Gasteiger partial charge >= 0.3 is 0 Å². The lowest BCUT2D eigenvalue weighted by Gasteiger charge is -2.36. The summed E-state index contributed by atoms with van der Waals surface area (Å²) in [5.41, 5.74) is 0.978. The third kappa shape index (κ3) is 2.38. The van der Waals surface area contributed by atoms with Crippen molar-refractivity contribution in [3.05, 3.63) is 10.6 Å². The van der Waals surface area contributed by atoms with Crippen molar-refractivity contribution in [2.45, 2.75) is 51.5 Å². The van der Waals surface area contributed by atoms with Gasteiger partial charge in [0.05, 0.1) is 17.8 Å². The number of aliphatic hydroxyl groups excluding tert-OH is 1. The van der Waals surface area contributed by atoms with Gasteiger partial charge in [-0.1, -0.05) is 19.3 Å². The van der Waals surface area contributed by atoms with E-state index in [1.807, 2.05) is 6.92 Å². The van der Waals surface area contributed by atoms with Crippen LogP contribution >= 0.6 is 11.3 Å². The summed E-state index contributed by atoms with van der Waals surface area (Å²) in [6.45, 7) is 4.33. The maximum absolute atomic E-state index is 9.59. The minimum atomic E-state index is -0.116. The highest BCUT2D eigenvalue weighted by Gasteiger charge is 2.31. The summed E-state index contributed by atoms with van der Waals surface area (Å²) in [5, 5.41) is 14.0. The third-order valence-electron chi connectivity index (χ3n) is 3.51. The van der Waals surface area contributed by atoms with Crippen LogP contribution in [0.2, 0.25) is 0 Å². The number of nitrogens with one attached hydrogen (secondary N) is 1. The number of aliphatic hydroxyl groups is 1. The van der Waals surface area contributed by atoms with Gasteiger partial charge in [0, 0.05) is 4.88 Å². The molecule has 0 bridgehead atoms. The second-order valence-electron chi connectivity index (χ2n) is 4.78. The topological polar surface area (TPSA) is 45.2 Å². The van der Waals surface area contributed by atoms with Crippen LogP contribution in [0.5, 0.6) is 0 Å². The van der Waals surface area contributed by atoms with Gasteiger partial charge in [-0.25, -0.2) is 4.98 Å². The maximum Gasteiger partial charge on any atom is 0.183 e. The SMILES string of the molecule is Cc1nc(NC2(CO)CCCCC2)sc1C. The van der Waals surface area contributed by atoms with Crippen LogP contribution in [0, 0.1) is 13.8 Å². The van der Waals surface area contributed by atoms with Crippen molar-refractivity contribution in [2.24, 2.45) is 0 Å². The number of aromatic nitrogens is 1. The lowest BCUT2D eigenvalue weighted by atomic mass is 9.82. The van der Waals surface area contributed by atoms with Crippen molar-refractivity contribution in [1.82, 2.24) is 4.98 Å². The Morgan fingerprint density at radius 2 is 2.00 bits per heavy atom. The van der Waals surface area contributed by atoms with E-state index in [-0.39, 0.29) is 12.1 Å². The molecule has 1 aliphatic rings. The molecule has 1 fully saturated rings. The predicted octanol–water partition coefficient (Wildman–Crippen LogP) is 2.87. The van der Waals surface area contributed by atoms with Gasteiger partial charge in [-0.3, -0.25) is 0 Å². The van der Waals surface area contributed by atoms with E-state index in [4.69, 9.17) is 0 Å². The molecule has 1 aromatic heterocycles. The molecule has 1 aromatic rings. The summed E-state index contributed by atoms with van der Waals surface area (Å²) in [6, 6.07) is 0. The molecule has 0 amide bonds. The molecular formula is C12H20N2OS. The van der Waals surface area contributed by atoms with Crippen molar-refractivity contribution >= 4 is 16.5 Å². The molecular weight excluding hydrogens is 220 g/mol. The highest BCUT2D eigenvalue weighted by atomic mass is 32.1. The first kappa shape index (κ1) is 11.9. The Balaban J connectivity index is 2.11. The average molecular weight is 240 g/mol. The fourth-order valence-corrected chi connectivity index (χ4v) is 3.24. The number of hydrogen-bond donors (Lipinski definition) is 2. The first-order valence-corrected chi connectivity index (χ1v) is 6.80. The summed E-state index contributed by atoms with van der Waals surface area (Å²) < 4.78 is 0. The highest BCUT2D eigenvalue weighted by Crippen LogP contribution is 2.33. The number of nitrogens with zero attached hydrogens (tertiary/aromatic N) is 1. The lowest BCUT2D eigenvalue weighted by Crippen LogP contribution is -2.43. The molecule has 1 aliphatic carbocycles. The van der Waals surface area contributed by atoms with Crippen molar-refractivity contribution in [3.8, 4) is 0 Å². The van der Waals surface area contributed by atoms with Gasteiger partial charge in [-0.05, 0) is 26.7 Å². The lowest BCUT2D eigenvalue weighted by molar-refractivity contribution is 0.173. The highest BCUT2D eigenvalue weighted by molar-refractivity contribution is 7.15. The molecule has 90 valence electrons. The van der Waals surface area contributed by atoms with Gasteiger partial charge in [0.2, 0.25) is 0 Å². The van der Waals surface area contributed by atoms with Gasteiger partial charge in [-0.2, -0.15) is 0 Å². The van der Waals surface area contributed by atoms with Crippen LogP contribution in [0.1, 0.15) is 42.7 Å². The van der Waals surface area contributed by atoms with Crippen molar-refractivity contribution in [2.75, 3.05) is 11.9 Å². The zero-order valence-electron chi connectivity index (χ0n) is 10.0. The molecule has 3 nitrogen and oxygen atoms in total. The number of anilines is 1. The van der Waals surface area contributed by atoms with Crippen molar-refractivity contribution in [1.29, 1.82) is 0 Å². The molecule has 4 heteroatoms. The van der Waals surface area contributed by atoms with E-state index in [1.165, 1.54) is 24.1 Å². The summed E-state index contributed by atoms with van der Waals surface area (Å²) in [6.07, 6.45) is 5.81. The molecule has 0 radical (unpaired) electrons. The quantitative estimate of drug-likeness (QED) is 0.854. The minimum absolute atomic E-state index is 0.116. The first-order chi connectivity index (χ1) is 7.65. The van der Waals surface area contributed by atoms with Gasteiger partial charge in [0.25, 0.3) is 0 Å². The Hall–Kier alpha value is -0.610. The Morgan fingerprint density at radius 3 is 2.50 bits per heavy atom. The number of hydrogen-bond acceptors (Lipinski definition) is 4. The van der Waals surface area contributed by atoms with E-state index in [2.05, 4.69) is 17.2 Å². The maximum atomic E-state index is 9.59. The summed E-state index contributed by atoms with van der Waals surface area (Å²) in [4.78, 5) is 5.75. The van der Waals surface area contributed by atoms with Crippen molar-refractivity contribution in [3.63, 3.8) is 0 Å². The van der Waals surface area contributed by atoms with Gasteiger partial charge in [0.1, 0.15) is 0 Å². The number of aryl methyl sites for hydroxylation is 2. The normalized spacial score (nSPS) is 19.7. The van der Waals surface area contributed by atoms with E-state index < -0.39 is 0 Å². The molecule has 0 saturated heterocycles. The molecule has 0 spiro atoms. The predicted molar refractivity (Wildman–Crippen MR) is 68.1 cm³/mol. The van der Waals surface area contributed by atoms with Crippen LogP contribution in [-0.4, -0.2) is 22.2 Å². The Morgan fingerprint density at radius 1 is 1.31 bits per heavy atom. The Kier molecular flexibility index (Phi) is 3.50. The van der Waals surface area contributed by atoms with E-state index in [9.17, 15) is 5.11 Å². The monoisotopic (exact) mass is 240 g/mol. The van der Waals surface area contributed by atoms with E-state index in [0.717, 1.165) is 23.7 Å². The second-order valence-corrected chi connectivity index (χ2v) is 5.99. The third-order valence-corrected chi connectivity index (χ3v) is 4.50.